The first-order valence-electron chi connectivity index (χ1n) is 42.9. The van der Waals surface area contributed by atoms with Gasteiger partial charge in [-0.3, -0.25) is 39.1 Å². The topological polar surface area (TPSA) is 681 Å². The lowest BCUT2D eigenvalue weighted by molar-refractivity contribution is 0.355. The number of H-pyrrole nitrogens is 4. The highest BCUT2D eigenvalue weighted by molar-refractivity contribution is 5.92. The summed E-state index contributed by atoms with van der Waals surface area (Å²) in [5.41, 5.74) is 39.1. The lowest BCUT2D eigenvalue weighted by Crippen LogP contribution is -2.14. The number of methoxy groups -OCH3 is 10. The smallest absolute Gasteiger partial charge is 0.280 e. The van der Waals surface area contributed by atoms with Crippen molar-refractivity contribution in [2.75, 3.05) is 99.8 Å². The number of aromatic hydroxyl groups is 6. The van der Waals surface area contributed by atoms with Crippen molar-refractivity contribution < 1.29 is 78.0 Å². The maximum absolute atomic E-state index is 12.5. The Morgan fingerprint density at radius 1 is 0.228 bits per heavy atom. The van der Waals surface area contributed by atoms with Crippen LogP contribution in [0.3, 0.4) is 0 Å². The van der Waals surface area contributed by atoms with Gasteiger partial charge < -0.3 is 107 Å². The maximum Gasteiger partial charge on any atom is 0.280 e. The number of rotatable bonds is 20. The van der Waals surface area contributed by atoms with E-state index in [4.69, 9.17) is 76.0 Å². The van der Waals surface area contributed by atoms with Gasteiger partial charge in [-0.15, -0.1) is 0 Å². The molecule has 0 amide bonds. The van der Waals surface area contributed by atoms with E-state index in [2.05, 4.69) is 99.7 Å². The van der Waals surface area contributed by atoms with Gasteiger partial charge in [-0.1, -0.05) is 24.3 Å². The molecular formula is C100H85N25O20. The van der Waals surface area contributed by atoms with Crippen LogP contribution in [0.1, 0.15) is 0 Å². The number of nitrogens with zero attached hydrogens (tertiary/aromatic N) is 16. The van der Waals surface area contributed by atoms with Crippen molar-refractivity contribution >= 4 is 85.6 Å². The van der Waals surface area contributed by atoms with Crippen LogP contribution in [0.5, 0.6) is 92.0 Å². The van der Waals surface area contributed by atoms with Crippen LogP contribution in [0.25, 0.3) is 168 Å². The van der Waals surface area contributed by atoms with Crippen LogP contribution in [0.4, 0.5) is 29.7 Å². The predicted octanol–water partition coefficient (Wildman–Crippen LogP) is 12.2. The minimum Gasteiger partial charge on any atom is -0.508 e. The first-order chi connectivity index (χ1) is 70.0. The Labute approximate surface area is 817 Å². The third-order valence-corrected chi connectivity index (χ3v) is 21.8. The molecule has 0 aliphatic heterocycles. The number of anilines is 5. The van der Waals surface area contributed by atoms with Crippen molar-refractivity contribution in [2.45, 2.75) is 0 Å². The zero-order valence-electron chi connectivity index (χ0n) is 78.1. The van der Waals surface area contributed by atoms with Crippen molar-refractivity contribution in [2.24, 2.45) is 0 Å². The minimum atomic E-state index is -0.535. The summed E-state index contributed by atoms with van der Waals surface area (Å²) in [5, 5.41) is 58.8. The Kier molecular flexibility index (Phi) is 28.3. The van der Waals surface area contributed by atoms with Crippen molar-refractivity contribution in [3.05, 3.63) is 254 Å². The third-order valence-electron chi connectivity index (χ3n) is 21.8. The highest BCUT2D eigenvalue weighted by Crippen LogP contribution is 2.45. The van der Waals surface area contributed by atoms with Crippen LogP contribution in [0, 0.1) is 0 Å². The molecule has 0 radical (unpaired) electrons. The molecule has 0 spiro atoms. The Morgan fingerprint density at radius 2 is 0.469 bits per heavy atom. The van der Waals surface area contributed by atoms with Gasteiger partial charge in [0.2, 0.25) is 29.7 Å². The summed E-state index contributed by atoms with van der Waals surface area (Å²) < 4.78 is 53.0. The summed E-state index contributed by atoms with van der Waals surface area (Å²) in [7, 11) is 15.2. The van der Waals surface area contributed by atoms with Gasteiger partial charge in [0, 0.05) is 55.6 Å². The molecule has 0 atom stereocenters. The first-order valence-corrected chi connectivity index (χ1v) is 42.9. The number of ether oxygens (including phenoxy) is 10. The summed E-state index contributed by atoms with van der Waals surface area (Å²) in [6.07, 6.45) is 1.49. The highest BCUT2D eigenvalue weighted by Gasteiger charge is 2.26. The normalized spacial score (nSPS) is 10.8. The number of aromatic amines is 4. The molecule has 0 aliphatic carbocycles. The molecule has 0 bridgehead atoms. The van der Waals surface area contributed by atoms with Gasteiger partial charge in [-0.2, -0.15) is 24.9 Å². The minimum absolute atomic E-state index is 0.000681. The molecule has 145 heavy (non-hydrogen) atoms. The second-order valence-corrected chi connectivity index (χ2v) is 30.8. The zero-order chi connectivity index (χ0) is 103. The van der Waals surface area contributed by atoms with E-state index in [0.29, 0.717) is 159 Å². The van der Waals surface area contributed by atoms with Gasteiger partial charge in [0.25, 0.3) is 22.2 Å². The Hall–Kier alpha value is -20.7. The van der Waals surface area contributed by atoms with Gasteiger partial charge in [0.05, 0.1) is 134 Å². The molecule has 45 nitrogen and oxygen atoms in total. The van der Waals surface area contributed by atoms with Gasteiger partial charge in [-0.05, 0) is 182 Å². The number of nitrogen functional groups attached to an aromatic ring is 5. The second kappa shape index (κ2) is 42.1. The van der Waals surface area contributed by atoms with Crippen LogP contribution in [-0.2, 0) is 0 Å². The molecule has 730 valence electrons. The standard InChI is InChI=1S/C22H21N5O5.C20H17N5O5.C20H17N5O4.C20H17N5O3.C18H13N5O3/c1-29-13-7-5-11(9-15(13)31-3)17-18(12-6-8-14(30-2)16(10-12)32-4)25-20-19(24-17)21(28)27-22(23)26-20;1-29-13-7-9(3-5-11(13)26)15-16(10-4-6-12(27)14(8-10)30-2)23-18-17(22-15)19(28)25-20(21)24-18;1-28-15-7-10(3-5-13(15)26)17-18(11-4-6-14(27)16(8-11)29-2)24-19-12(23-17)9-22-20(21)25-19;1-27-13-7-3-5-11(9-13)15-16(12-6-4-8-14(10-12)28-2)23-18-17(22-15)19(26)25-20(21)24-18;19-18-22-16-15(17(26)23-18)20-13(9-1-5-11(24)6-2-9)14(21-16)10-3-7-12(25)8-4-10/h5-10H,1-4H3,(H3,23,25,26,27,28);3-8,26-27H,1-2H3,(H3,21,23,24,25,28);3-9,26-27H,1-2H3,(H2,21,22,24,25);3-10H,1-2H3,(H3,21,23,24,25,26);1-8,24-25H,(H3,19,21,22,23,26). The molecule has 0 saturated carbocycles. The molecule has 20 N–H and O–H groups in total. The lowest BCUT2D eigenvalue weighted by Gasteiger charge is -2.14. The quantitative estimate of drug-likeness (QED) is 0.0337. The number of phenolic OH excluding ortho intramolecular Hbond substituents is 6. The predicted molar refractivity (Wildman–Crippen MR) is 539 cm³/mol. The van der Waals surface area contributed by atoms with E-state index in [-0.39, 0.29) is 120 Å². The zero-order valence-corrected chi connectivity index (χ0v) is 78.1. The van der Waals surface area contributed by atoms with Gasteiger partial charge in [-0.25, -0.2) is 54.8 Å². The molecule has 0 unspecified atom stereocenters. The fourth-order valence-corrected chi connectivity index (χ4v) is 14.8. The number of hydrogen-bond donors (Lipinski definition) is 15. The number of fused-ring (bicyclic) bond motifs is 5. The summed E-state index contributed by atoms with van der Waals surface area (Å²) >= 11 is 0. The fourth-order valence-electron chi connectivity index (χ4n) is 14.8. The maximum atomic E-state index is 12.5. The molecule has 20 rings (SSSR count). The average molecular weight is 1960 g/mol. The summed E-state index contributed by atoms with van der Waals surface area (Å²) in [4.78, 5) is 129. The number of nitrogens with one attached hydrogen (secondary N) is 4. The van der Waals surface area contributed by atoms with Crippen LogP contribution in [0.15, 0.2) is 232 Å². The second-order valence-electron chi connectivity index (χ2n) is 30.8. The number of aromatic nitrogens is 20. The highest BCUT2D eigenvalue weighted by atomic mass is 16.5. The molecule has 20 aromatic rings. The SMILES string of the molecule is COc1cc(-c2nc3cnc(N)nc3nc2-c2ccc(O)c(OC)c2)ccc1O.COc1cc(-c2nc3nc(N)[nH]c(=O)c3nc2-c2ccc(O)c(OC)c2)ccc1O.COc1ccc(-c2nc3nc(N)[nH]c(=O)c3nc2-c2ccc(OC)c(OC)c2)cc1OC.COc1cccc(-c2nc3nc(N)[nH]c(=O)c3nc2-c2cccc(OC)c2)c1.Nc1nc2nc(-c3ccc(O)cc3)c(-c3ccc(O)cc3)nc2c(=O)[nH]1. The van der Waals surface area contributed by atoms with Gasteiger partial charge >= 0.3 is 0 Å². The Bertz CT molecular complexity index is 8640. The van der Waals surface area contributed by atoms with E-state index >= 15 is 0 Å². The van der Waals surface area contributed by atoms with E-state index in [1.54, 1.807) is 146 Å². The van der Waals surface area contributed by atoms with Crippen molar-refractivity contribution in [3.63, 3.8) is 0 Å². The lowest BCUT2D eigenvalue weighted by atomic mass is 10.0. The number of hydrogen-bond acceptors (Lipinski definition) is 41. The molecule has 0 aliphatic rings. The van der Waals surface area contributed by atoms with E-state index < -0.39 is 22.2 Å². The summed E-state index contributed by atoms with van der Waals surface area (Å²) in [6, 6.07) is 57.4. The van der Waals surface area contributed by atoms with Crippen molar-refractivity contribution in [1.29, 1.82) is 0 Å². The molecule has 10 heterocycles. The Balaban J connectivity index is 0.000000130. The number of nitrogens with two attached hydrogens (primary N) is 5. The fraction of sp³-hybridized carbons (Fsp3) is 0.100. The van der Waals surface area contributed by atoms with E-state index in [1.165, 1.54) is 83.2 Å². The van der Waals surface area contributed by atoms with Crippen LogP contribution in [0.2, 0.25) is 0 Å². The van der Waals surface area contributed by atoms with E-state index in [0.717, 1.165) is 11.1 Å². The van der Waals surface area contributed by atoms with Gasteiger partial charge in [0.1, 0.15) is 28.5 Å². The average Bonchev–Trinajstić information content (AvgIpc) is 0.731. The molecule has 45 heteroatoms. The molecular weight excluding hydrogens is 1870 g/mol. The molecule has 10 aromatic heterocycles. The molecule has 10 aromatic carbocycles. The summed E-state index contributed by atoms with van der Waals surface area (Å²) in [5.74, 6) is 4.59. The van der Waals surface area contributed by atoms with Crippen molar-refractivity contribution in [1.82, 2.24) is 99.7 Å². The molecule has 0 fully saturated rings. The third kappa shape index (κ3) is 20.9. The Morgan fingerprint density at radius 3 is 0.759 bits per heavy atom. The van der Waals surface area contributed by atoms with Gasteiger partial charge in [0.15, 0.2) is 119 Å². The van der Waals surface area contributed by atoms with Crippen LogP contribution >= 0.6 is 0 Å². The number of benzene rings is 10. The van der Waals surface area contributed by atoms with Crippen LogP contribution < -0.4 is 98.3 Å². The van der Waals surface area contributed by atoms with Crippen LogP contribution in [-0.4, -0.2) is 201 Å². The van der Waals surface area contributed by atoms with E-state index in [1.807, 2.05) is 54.6 Å². The van der Waals surface area contributed by atoms with Crippen molar-refractivity contribution in [3.8, 4) is 205 Å². The van der Waals surface area contributed by atoms with E-state index in [9.17, 15) is 49.8 Å². The molecule has 0 saturated heterocycles. The summed E-state index contributed by atoms with van der Waals surface area (Å²) in [6.45, 7) is 0. The first kappa shape index (κ1) is 97.4. The number of phenols is 6. The monoisotopic (exact) mass is 1960 g/mol. The largest absolute Gasteiger partial charge is 0.508 e.